The van der Waals surface area contributed by atoms with Crippen LogP contribution in [0.5, 0.6) is 0 Å². The molecule has 0 N–H and O–H groups in total. The average molecular weight is 636 g/mol. The molecule has 0 radical (unpaired) electrons. The van der Waals surface area contributed by atoms with Crippen molar-refractivity contribution >= 4 is 9.39 Å². The summed E-state index contributed by atoms with van der Waals surface area (Å²) in [6.45, 7) is 64.0. The summed E-state index contributed by atoms with van der Waals surface area (Å²) in [5.74, 6) is 0. The van der Waals surface area contributed by atoms with Crippen LogP contribution in [-0.4, -0.2) is 0 Å². The summed E-state index contributed by atoms with van der Waals surface area (Å²) in [6.07, 6.45) is 0. The molecule has 0 aromatic heterocycles. The quantitative estimate of drug-likeness (QED) is 0.185. The summed E-state index contributed by atoms with van der Waals surface area (Å²) in [6, 6.07) is 0. The van der Waals surface area contributed by atoms with Gasteiger partial charge in [-0.15, -0.1) is 0 Å². The monoisotopic (exact) mass is 635 g/mol. The Hall–Kier alpha value is 0.970. The molecule has 0 aliphatic carbocycles. The zero-order valence-corrected chi connectivity index (χ0v) is 36.0. The second-order valence-electron chi connectivity index (χ2n) is 0.0778. The van der Waals surface area contributed by atoms with Crippen LogP contribution in [0, 0.1) is 0 Å². The van der Waals surface area contributed by atoms with E-state index in [-0.39, 0.29) is 0 Å². The molecule has 0 aromatic rings. The van der Waals surface area contributed by atoms with E-state index in [2.05, 4.69) is 33.4 Å². The fourth-order valence-corrected chi connectivity index (χ4v) is 0. The molecule has 0 spiro atoms. The molecule has 1 atom stereocenters. The van der Waals surface area contributed by atoms with E-state index in [1.807, 2.05) is 222 Å². The van der Waals surface area contributed by atoms with Crippen LogP contribution < -0.4 is 0 Å². The van der Waals surface area contributed by atoms with Crippen LogP contribution in [0.4, 0.5) is 0 Å². The summed E-state index contributed by atoms with van der Waals surface area (Å²) >= 11 is 2.75. The Morgan fingerprint density at radius 1 is 0.229 bits per heavy atom. The van der Waals surface area contributed by atoms with E-state index in [4.69, 9.17) is 0 Å². The molecule has 1 unspecified atom stereocenters. The van der Waals surface area contributed by atoms with Gasteiger partial charge in [-0.25, -0.2) is 0 Å². The van der Waals surface area contributed by atoms with Crippen molar-refractivity contribution in [2.24, 2.45) is 3.11 Å². The summed E-state index contributed by atoms with van der Waals surface area (Å²) < 4.78 is 3.23. The number of nitrogens with zero attached hydrogens (tertiary/aromatic N) is 1. The van der Waals surface area contributed by atoms with Gasteiger partial charge in [-0.3, -0.25) is 0 Å². The van der Waals surface area contributed by atoms with Gasteiger partial charge in [0.25, 0.3) is 0 Å². The Bertz CT molecular complexity index is 27.0. The molecular formula is C32H98AgNP. The van der Waals surface area contributed by atoms with Crippen molar-refractivity contribution in [3.63, 3.8) is 0 Å². The van der Waals surface area contributed by atoms with Crippen molar-refractivity contribution in [1.29, 1.82) is 0 Å². The first-order valence-electron chi connectivity index (χ1n) is 16.4. The molecule has 0 aliphatic rings. The Morgan fingerprint density at radius 3 is 0.229 bits per heavy atom. The minimum absolute atomic E-state index is 2.00. The predicted molar refractivity (Wildman–Crippen MR) is 194 cm³/mol. The normalized spacial score (nSPS) is 3.17. The maximum atomic E-state index is 3.23. The number of hydrogen-bond donors (Lipinski definition) is 0. The van der Waals surface area contributed by atoms with Crippen molar-refractivity contribution in [3.05, 3.63) is 0 Å². The topological polar surface area (TPSA) is 12.4 Å². The molecule has 0 saturated carbocycles. The van der Waals surface area contributed by atoms with Crippen LogP contribution in [0.15, 0.2) is 3.11 Å². The molecule has 3 heteroatoms. The number of hydrogen-bond acceptors (Lipinski definition) is 1. The van der Waals surface area contributed by atoms with E-state index in [0.717, 1.165) is 0 Å². The standard InChI is InChI=1S/16C2H6.Ag.H2NP/c16*1-2;;1-2/h16*1-2H3;;2H2. The second-order valence-corrected chi connectivity index (χ2v) is 1.38. The van der Waals surface area contributed by atoms with Crippen LogP contribution in [-0.2, 0) is 20.9 Å². The predicted octanol–water partition coefficient (Wildman–Crippen LogP) is 16.9. The molecule has 0 heterocycles. The van der Waals surface area contributed by atoms with Crippen LogP contribution in [0.3, 0.4) is 0 Å². The first kappa shape index (κ1) is 122. The van der Waals surface area contributed by atoms with E-state index in [9.17, 15) is 0 Å². The molecule has 0 bridgehead atoms. The second kappa shape index (κ2) is 10400. The van der Waals surface area contributed by atoms with Gasteiger partial charge in [0, 0.05) is 0 Å². The van der Waals surface area contributed by atoms with Gasteiger partial charge in [0.1, 0.15) is 0 Å². The van der Waals surface area contributed by atoms with Gasteiger partial charge in [-0.1, -0.05) is 222 Å². The molecule has 0 fully saturated rings. The van der Waals surface area contributed by atoms with E-state index >= 15 is 0 Å². The summed E-state index contributed by atoms with van der Waals surface area (Å²) in [5, 5.41) is 0. The van der Waals surface area contributed by atoms with Crippen molar-refractivity contribution < 1.29 is 20.9 Å². The Labute approximate surface area is 254 Å². The minimum atomic E-state index is 2.00. The maximum absolute atomic E-state index is 3.23. The van der Waals surface area contributed by atoms with E-state index in [1.54, 1.807) is 0 Å². The van der Waals surface area contributed by atoms with Gasteiger partial charge in [-0.2, -0.15) is 0 Å². The third-order valence-corrected chi connectivity index (χ3v) is 0. The van der Waals surface area contributed by atoms with Gasteiger partial charge in [0.2, 0.25) is 0 Å². The third-order valence-electron chi connectivity index (χ3n) is 0. The molecule has 0 saturated heterocycles. The fraction of sp³-hybridized carbons (Fsp3) is 1.00. The summed E-state index contributed by atoms with van der Waals surface area (Å²) in [4.78, 5) is 0. The van der Waals surface area contributed by atoms with Crippen molar-refractivity contribution in [2.45, 2.75) is 222 Å². The number of rotatable bonds is 0. The van der Waals surface area contributed by atoms with E-state index in [1.165, 1.54) is 0 Å². The van der Waals surface area contributed by atoms with Gasteiger partial charge in [-0.05, 0) is 0 Å². The zero-order chi connectivity index (χ0) is 34.7. The van der Waals surface area contributed by atoms with Crippen LogP contribution >= 0.6 is 9.39 Å². The molecular weight excluding hydrogens is 537 g/mol. The summed E-state index contributed by atoms with van der Waals surface area (Å²) in [7, 11) is 2.12. The van der Waals surface area contributed by atoms with Crippen molar-refractivity contribution in [2.75, 3.05) is 0 Å². The fourth-order valence-electron chi connectivity index (χ4n) is 0. The van der Waals surface area contributed by atoms with E-state index < -0.39 is 0 Å². The molecule has 247 valence electrons. The van der Waals surface area contributed by atoms with Crippen molar-refractivity contribution in [1.82, 2.24) is 0 Å². The summed E-state index contributed by atoms with van der Waals surface area (Å²) in [5.41, 5.74) is 0. The van der Waals surface area contributed by atoms with Crippen LogP contribution in [0.25, 0.3) is 0 Å². The van der Waals surface area contributed by atoms with Crippen LogP contribution in [0.1, 0.15) is 222 Å². The van der Waals surface area contributed by atoms with Gasteiger partial charge in [0.15, 0.2) is 0 Å². The molecule has 35 heavy (non-hydrogen) atoms. The van der Waals surface area contributed by atoms with Gasteiger partial charge >= 0.3 is 33.4 Å². The average Bonchev–Trinajstić information content (AvgIpc) is 3.09. The Morgan fingerprint density at radius 2 is 0.229 bits per heavy atom. The first-order chi connectivity index (χ1) is 17.4. The zero-order valence-electron chi connectivity index (χ0n) is 33.3. The molecule has 1 nitrogen and oxygen atoms in total. The van der Waals surface area contributed by atoms with Crippen molar-refractivity contribution in [3.8, 4) is 0 Å². The Kier molecular flexibility index (Phi) is 36300. The molecule has 0 aromatic carbocycles. The van der Waals surface area contributed by atoms with E-state index in [0.29, 0.717) is 0 Å². The first-order valence-corrected chi connectivity index (χ1v) is 17.6. The molecule has 0 rings (SSSR count). The van der Waals surface area contributed by atoms with Gasteiger partial charge < -0.3 is 0 Å². The van der Waals surface area contributed by atoms with Crippen LogP contribution in [0.2, 0.25) is 0 Å². The molecule has 0 aliphatic heterocycles. The Balaban J connectivity index is -0.00000000657. The molecule has 0 amide bonds. The van der Waals surface area contributed by atoms with Gasteiger partial charge in [0.05, 0.1) is 0 Å². The SMILES string of the molecule is CC.CC.CC.CC.CC.CC.CC.CC.CC.CC.CC.CC.CC.CC.CC.CC.P[N]=[Ag]. The third kappa shape index (κ3) is 40400.